The molecule has 0 bridgehead atoms. The minimum absolute atomic E-state index is 1.31. The molecule has 0 heterocycles. The minimum Gasteiger partial charge on any atom is -0.0616 e. The molecule has 0 aromatic heterocycles. The van der Waals surface area contributed by atoms with Crippen molar-refractivity contribution in [3.63, 3.8) is 0 Å². The molecule has 0 unspecified atom stereocenters. The molecule has 0 aliphatic rings. The van der Waals surface area contributed by atoms with Crippen molar-refractivity contribution in [2.45, 2.75) is 0 Å². The predicted octanol–water partition coefficient (Wildman–Crippen LogP) is 18.8. The topological polar surface area (TPSA) is 0 Å². The van der Waals surface area contributed by atoms with Crippen LogP contribution in [0.4, 0.5) is 0 Å². The zero-order valence-electron chi connectivity index (χ0n) is 36.7. The lowest BCUT2D eigenvalue weighted by Crippen LogP contribution is -1.75. The second-order valence-electron chi connectivity index (χ2n) is 16.4. The lowest BCUT2D eigenvalue weighted by atomic mass is 10.0. The Kier molecular flexibility index (Phi) is 12.5. The third kappa shape index (κ3) is 9.22. The van der Waals surface area contributed by atoms with Gasteiger partial charge in [-0.15, -0.1) is 0 Å². The van der Waals surface area contributed by atoms with Gasteiger partial charge in [-0.05, 0) is 97.0 Å². The fraction of sp³-hybridized carbons (Fsp3) is 0. The van der Waals surface area contributed by atoms with E-state index in [1.165, 1.54) is 97.0 Å². The third-order valence-electron chi connectivity index (χ3n) is 12.3. The van der Waals surface area contributed by atoms with Crippen LogP contribution in [0.15, 0.2) is 291 Å². The highest BCUT2D eigenvalue weighted by atomic mass is 14.0. The van der Waals surface area contributed by atoms with E-state index in [0.29, 0.717) is 0 Å². The molecular weight excluding hydrogens is 793 g/mol. The molecule has 0 radical (unpaired) electrons. The van der Waals surface area contributed by atoms with Crippen molar-refractivity contribution in [1.29, 1.82) is 0 Å². The van der Waals surface area contributed by atoms with Crippen LogP contribution in [0.25, 0.3) is 97.0 Å². The number of fused-ring (bicyclic) bond motifs is 13. The van der Waals surface area contributed by atoms with Crippen molar-refractivity contribution < 1.29 is 0 Å². The molecule has 0 aliphatic heterocycles. The van der Waals surface area contributed by atoms with Crippen molar-refractivity contribution in [1.82, 2.24) is 0 Å². The highest BCUT2D eigenvalue weighted by Gasteiger charge is 2.01. The van der Waals surface area contributed by atoms with Gasteiger partial charge in [0.1, 0.15) is 0 Å². The number of benzene rings is 14. The van der Waals surface area contributed by atoms with Gasteiger partial charge in [-0.3, -0.25) is 0 Å². The average Bonchev–Trinajstić information content (AvgIpc) is 3.41. The Morgan fingerprint density at radius 1 is 0.0909 bits per heavy atom. The van der Waals surface area contributed by atoms with E-state index < -0.39 is 0 Å². The first kappa shape index (κ1) is 41.4. The van der Waals surface area contributed by atoms with Crippen LogP contribution in [0, 0.1) is 0 Å². The quantitative estimate of drug-likeness (QED) is 0.133. The Morgan fingerprint density at radius 3 is 0.333 bits per heavy atom. The molecule has 0 nitrogen and oxygen atoms in total. The predicted molar refractivity (Wildman–Crippen MR) is 290 cm³/mol. The van der Waals surface area contributed by atoms with Gasteiger partial charge in [-0.1, -0.05) is 291 Å². The summed E-state index contributed by atoms with van der Waals surface area (Å²) in [6.45, 7) is 0. The number of hydrogen-bond acceptors (Lipinski definition) is 0. The van der Waals surface area contributed by atoms with Crippen LogP contribution in [0.1, 0.15) is 0 Å². The standard InChI is InChI=1S/4C14H10.C10H8/c4*1-3-7-13-11(5-1)9-10-12-6-2-4-8-14(12)13;1-2-6-10-8-4-3-7-9(10)5-1/h4*1-10H;1-8H. The SMILES string of the molecule is c1ccc2c(c1)ccc1ccccc12.c1ccc2c(c1)ccc1ccccc12.c1ccc2c(c1)ccc1ccccc12.c1ccc2c(c1)ccc1ccccc12.c1ccc2ccccc2c1. The van der Waals surface area contributed by atoms with Crippen molar-refractivity contribution in [3.8, 4) is 0 Å². The summed E-state index contributed by atoms with van der Waals surface area (Å²) in [4.78, 5) is 0. The van der Waals surface area contributed by atoms with E-state index >= 15 is 0 Å². The third-order valence-corrected chi connectivity index (χ3v) is 12.3. The van der Waals surface area contributed by atoms with Gasteiger partial charge >= 0.3 is 0 Å². The molecular formula is C66H48. The van der Waals surface area contributed by atoms with Gasteiger partial charge in [0.15, 0.2) is 0 Å². The van der Waals surface area contributed by atoms with Gasteiger partial charge in [0.05, 0.1) is 0 Å². The molecule has 312 valence electrons. The second-order valence-corrected chi connectivity index (χ2v) is 16.4. The fourth-order valence-electron chi connectivity index (χ4n) is 8.95. The summed E-state index contributed by atoms with van der Waals surface area (Å²) >= 11 is 0. The zero-order chi connectivity index (χ0) is 44.3. The molecule has 0 saturated heterocycles. The molecule has 14 aromatic rings. The average molecular weight is 841 g/mol. The summed E-state index contributed by atoms with van der Waals surface area (Å²) in [6, 6.07) is 102. The van der Waals surface area contributed by atoms with Crippen LogP contribution in [0.2, 0.25) is 0 Å². The van der Waals surface area contributed by atoms with Gasteiger partial charge in [0.25, 0.3) is 0 Å². The fourth-order valence-corrected chi connectivity index (χ4v) is 8.95. The Bertz CT molecular complexity index is 3170. The first-order chi connectivity index (χ1) is 32.8. The van der Waals surface area contributed by atoms with Crippen LogP contribution in [-0.4, -0.2) is 0 Å². The van der Waals surface area contributed by atoms with E-state index in [-0.39, 0.29) is 0 Å². The van der Waals surface area contributed by atoms with Gasteiger partial charge in [0, 0.05) is 0 Å². The van der Waals surface area contributed by atoms with Crippen LogP contribution < -0.4 is 0 Å². The Morgan fingerprint density at radius 2 is 0.197 bits per heavy atom. The lowest BCUT2D eigenvalue weighted by Gasteiger charge is -2.02. The van der Waals surface area contributed by atoms with Crippen LogP contribution in [0.3, 0.4) is 0 Å². The molecule has 66 heavy (non-hydrogen) atoms. The van der Waals surface area contributed by atoms with E-state index in [1.54, 1.807) is 0 Å². The smallest absolute Gasteiger partial charge is 0.0105 e. The molecule has 14 rings (SSSR count). The van der Waals surface area contributed by atoms with Gasteiger partial charge in [0.2, 0.25) is 0 Å². The maximum Gasteiger partial charge on any atom is -0.0105 e. The maximum absolute atomic E-state index is 2.18. The minimum atomic E-state index is 1.31. The molecule has 0 atom stereocenters. The van der Waals surface area contributed by atoms with Gasteiger partial charge < -0.3 is 0 Å². The summed E-state index contributed by atoms with van der Waals surface area (Å²) < 4.78 is 0. The van der Waals surface area contributed by atoms with Crippen LogP contribution >= 0.6 is 0 Å². The number of hydrogen-bond donors (Lipinski definition) is 0. The van der Waals surface area contributed by atoms with Gasteiger partial charge in [-0.2, -0.15) is 0 Å². The summed E-state index contributed by atoms with van der Waals surface area (Å²) in [5.41, 5.74) is 0. The largest absolute Gasteiger partial charge is 0.0616 e. The molecule has 0 N–H and O–H groups in total. The highest BCUT2D eigenvalue weighted by molar-refractivity contribution is 6.10. The Labute approximate surface area is 386 Å². The summed E-state index contributed by atoms with van der Waals surface area (Å²) in [5.74, 6) is 0. The molecule has 0 amide bonds. The van der Waals surface area contributed by atoms with E-state index in [1.807, 2.05) is 0 Å². The van der Waals surface area contributed by atoms with Crippen molar-refractivity contribution >= 4 is 97.0 Å². The van der Waals surface area contributed by atoms with Crippen molar-refractivity contribution in [2.24, 2.45) is 0 Å². The summed E-state index contributed by atoms with van der Waals surface area (Å²) in [6.07, 6.45) is 0. The van der Waals surface area contributed by atoms with E-state index in [2.05, 4.69) is 291 Å². The Hall–Kier alpha value is -8.58. The van der Waals surface area contributed by atoms with E-state index in [0.717, 1.165) is 0 Å². The first-order valence-electron chi connectivity index (χ1n) is 22.7. The van der Waals surface area contributed by atoms with Crippen LogP contribution in [-0.2, 0) is 0 Å². The molecule has 0 heteroatoms. The molecule has 0 spiro atoms. The Balaban J connectivity index is 0.0000000973. The highest BCUT2D eigenvalue weighted by Crippen LogP contribution is 2.28. The lowest BCUT2D eigenvalue weighted by molar-refractivity contribution is 1.75. The molecule has 0 saturated carbocycles. The molecule has 14 aromatic carbocycles. The zero-order valence-corrected chi connectivity index (χ0v) is 36.7. The normalized spacial score (nSPS) is 10.7. The van der Waals surface area contributed by atoms with E-state index in [4.69, 9.17) is 0 Å². The number of rotatable bonds is 0. The van der Waals surface area contributed by atoms with E-state index in [9.17, 15) is 0 Å². The second kappa shape index (κ2) is 19.9. The monoisotopic (exact) mass is 840 g/mol. The summed E-state index contributed by atoms with van der Waals surface area (Å²) in [7, 11) is 0. The summed E-state index contributed by atoms with van der Waals surface area (Å²) in [5, 5.41) is 23.8. The van der Waals surface area contributed by atoms with Crippen molar-refractivity contribution in [2.75, 3.05) is 0 Å². The van der Waals surface area contributed by atoms with Crippen molar-refractivity contribution in [3.05, 3.63) is 291 Å². The van der Waals surface area contributed by atoms with Crippen LogP contribution in [0.5, 0.6) is 0 Å². The molecule has 0 fully saturated rings. The molecule has 0 aliphatic carbocycles. The maximum atomic E-state index is 2.18. The first-order valence-corrected chi connectivity index (χ1v) is 22.7. The van der Waals surface area contributed by atoms with Gasteiger partial charge in [-0.25, -0.2) is 0 Å².